The molecule has 0 saturated carbocycles. The zero-order chi connectivity index (χ0) is 78.2. The van der Waals surface area contributed by atoms with E-state index < -0.39 is 16.1 Å². The van der Waals surface area contributed by atoms with E-state index in [-0.39, 0.29) is 11.8 Å². The summed E-state index contributed by atoms with van der Waals surface area (Å²) in [7, 11) is -5.89. The molecule has 0 fully saturated rings. The van der Waals surface area contributed by atoms with Crippen LogP contribution in [-0.4, -0.2) is 16.1 Å². The van der Waals surface area contributed by atoms with Crippen molar-refractivity contribution in [1.29, 1.82) is 10.5 Å². The zero-order valence-corrected chi connectivity index (χ0v) is 66.7. The van der Waals surface area contributed by atoms with Gasteiger partial charge in [0.25, 0.3) is 0 Å². The molecule has 0 radical (unpaired) electrons. The van der Waals surface area contributed by atoms with Gasteiger partial charge in [-0.1, -0.05) is 343 Å². The van der Waals surface area contributed by atoms with Gasteiger partial charge in [-0.2, -0.15) is 10.5 Å². The summed E-state index contributed by atoms with van der Waals surface area (Å²) in [6.07, 6.45) is 0. The summed E-state index contributed by atoms with van der Waals surface area (Å²) in [5.41, 5.74) is 15.7. The van der Waals surface area contributed by atoms with Gasteiger partial charge in [0.2, 0.25) is 0 Å². The number of rotatable bonds is 18. The van der Waals surface area contributed by atoms with Crippen molar-refractivity contribution in [1.82, 2.24) is 0 Å². The predicted molar refractivity (Wildman–Crippen MR) is 490 cm³/mol. The van der Waals surface area contributed by atoms with Crippen molar-refractivity contribution >= 4 is 168 Å². The summed E-state index contributed by atoms with van der Waals surface area (Å²) in [4.78, 5) is 4.87. The molecule has 2 aromatic heterocycles. The minimum atomic E-state index is -2.94. The number of hydrogen-bond donors (Lipinski definition) is 0. The lowest BCUT2D eigenvalue weighted by Gasteiger charge is -2.35. The first-order valence-electron chi connectivity index (χ1n) is 39.9. The highest BCUT2D eigenvalue weighted by Gasteiger charge is 2.43. The molecule has 2 heterocycles. The fraction of sp³-hybridized carbons (Fsp3) is 0.0556. The normalized spacial score (nSPS) is 11.9. The van der Waals surface area contributed by atoms with Gasteiger partial charge in [0.15, 0.2) is 27.3 Å². The molecule has 550 valence electrons. The van der Waals surface area contributed by atoms with Crippen LogP contribution in [0.2, 0.25) is 0 Å². The molecule has 0 saturated heterocycles. The van der Waals surface area contributed by atoms with E-state index in [2.05, 4.69) is 414 Å². The highest BCUT2D eigenvalue weighted by atomic mass is 28.3. The lowest BCUT2D eigenvalue weighted by atomic mass is 9.83. The molecule has 20 aromatic rings. The minimum Gasteiger partial charge on any atom is -0.454 e. The molecule has 0 unspecified atom stereocenters. The van der Waals surface area contributed by atoms with Crippen LogP contribution >= 0.6 is 0 Å². The molecule has 18 aromatic carbocycles. The van der Waals surface area contributed by atoms with Gasteiger partial charge in [0, 0.05) is 43.4 Å². The Labute approximate surface area is 676 Å². The van der Waals surface area contributed by atoms with Gasteiger partial charge in [-0.15, -0.1) is 0 Å². The Balaban J connectivity index is 0.846. The van der Waals surface area contributed by atoms with Crippen molar-refractivity contribution in [2.45, 2.75) is 39.5 Å². The molecule has 0 atom stereocenters. The van der Waals surface area contributed by atoms with Crippen LogP contribution in [0.4, 0.5) is 34.1 Å². The molecule has 0 N–H and O–H groups in total. The van der Waals surface area contributed by atoms with Crippen LogP contribution in [0.1, 0.15) is 61.8 Å². The number of furan rings is 2. The molecule has 6 nitrogen and oxygen atoms in total. The highest BCUT2D eigenvalue weighted by molar-refractivity contribution is 7.20. The maximum Gasteiger partial charge on any atom is 0.179 e. The fourth-order valence-electron chi connectivity index (χ4n) is 18.9. The van der Waals surface area contributed by atoms with Crippen molar-refractivity contribution in [3.63, 3.8) is 0 Å². The molecule has 8 heteroatoms. The first kappa shape index (κ1) is 70.7. The van der Waals surface area contributed by atoms with Gasteiger partial charge in [0.1, 0.15) is 11.2 Å². The zero-order valence-electron chi connectivity index (χ0n) is 64.7. The molecule has 20 rings (SSSR count). The van der Waals surface area contributed by atoms with Crippen molar-refractivity contribution in [3.8, 4) is 34.4 Å². The van der Waals surface area contributed by atoms with Gasteiger partial charge in [-0.3, -0.25) is 0 Å². The Morgan fingerprint density at radius 3 is 0.862 bits per heavy atom. The number of para-hydroxylation sites is 4. The maximum atomic E-state index is 11.1. The number of nitrogens with zero attached hydrogens (tertiary/aromatic N) is 4. The topological polar surface area (TPSA) is 80.3 Å². The van der Waals surface area contributed by atoms with E-state index in [9.17, 15) is 10.5 Å². The van der Waals surface area contributed by atoms with E-state index in [1.807, 2.05) is 24.3 Å². The molecular weight excluding hydrogens is 1440 g/mol. The first-order chi connectivity index (χ1) is 57.1. The number of hydrogen-bond acceptors (Lipinski definition) is 6. The number of anilines is 6. The summed E-state index contributed by atoms with van der Waals surface area (Å²) in [5, 5.41) is 43.2. The quantitative estimate of drug-likeness (QED) is 0.0484. The highest BCUT2D eigenvalue weighted by Crippen LogP contribution is 2.55. The number of fused-ring (bicyclic) bond motifs is 6. The van der Waals surface area contributed by atoms with Gasteiger partial charge >= 0.3 is 0 Å². The smallest absolute Gasteiger partial charge is 0.179 e. The van der Waals surface area contributed by atoms with E-state index >= 15 is 0 Å². The second kappa shape index (κ2) is 29.0. The maximum absolute atomic E-state index is 11.1. The molecule has 116 heavy (non-hydrogen) atoms. The van der Waals surface area contributed by atoms with Crippen LogP contribution in [0.15, 0.2) is 397 Å². The Morgan fingerprint density at radius 1 is 0.250 bits per heavy atom. The lowest BCUT2D eigenvalue weighted by Crippen LogP contribution is -2.74. The van der Waals surface area contributed by atoms with E-state index in [1.165, 1.54) is 52.6 Å². The number of nitriles is 2. The molecule has 0 spiro atoms. The van der Waals surface area contributed by atoms with Crippen molar-refractivity contribution in [2.24, 2.45) is 0 Å². The van der Waals surface area contributed by atoms with Crippen molar-refractivity contribution in [2.75, 3.05) is 9.80 Å². The Hall–Kier alpha value is -14.4. The van der Waals surface area contributed by atoms with E-state index in [1.54, 1.807) is 0 Å². The average Bonchev–Trinajstić information content (AvgIpc) is 0.846. The van der Waals surface area contributed by atoms with Crippen LogP contribution in [-0.2, 0) is 0 Å². The Kier molecular flexibility index (Phi) is 17.7. The van der Waals surface area contributed by atoms with Crippen LogP contribution in [0.3, 0.4) is 0 Å². The molecule has 0 aliphatic heterocycles. The van der Waals surface area contributed by atoms with E-state index in [0.717, 1.165) is 133 Å². The second-order valence-corrected chi connectivity index (χ2v) is 38.7. The van der Waals surface area contributed by atoms with E-state index in [4.69, 9.17) is 8.83 Å². The van der Waals surface area contributed by atoms with Gasteiger partial charge in [-0.25, -0.2) is 0 Å². The summed E-state index contributed by atoms with van der Waals surface area (Å²) in [6, 6.07) is 146. The van der Waals surface area contributed by atoms with Crippen molar-refractivity contribution in [3.05, 3.63) is 411 Å². The van der Waals surface area contributed by atoms with E-state index in [0.29, 0.717) is 11.1 Å². The third-order valence-corrected chi connectivity index (χ3v) is 33.7. The third-order valence-electron chi connectivity index (χ3n) is 24.1. The Morgan fingerprint density at radius 2 is 0.543 bits per heavy atom. The molecule has 0 bridgehead atoms. The van der Waals surface area contributed by atoms with Crippen LogP contribution in [0.5, 0.6) is 0 Å². The van der Waals surface area contributed by atoms with Crippen LogP contribution in [0.25, 0.3) is 98.4 Å². The van der Waals surface area contributed by atoms with Gasteiger partial charge in [0.05, 0.1) is 57.4 Å². The minimum absolute atomic E-state index is 0.0538. The summed E-state index contributed by atoms with van der Waals surface area (Å²) < 4.78 is 14.4. The molecular formula is C108H78N4O2Si2. The van der Waals surface area contributed by atoms with Crippen molar-refractivity contribution < 1.29 is 8.83 Å². The van der Waals surface area contributed by atoms with Gasteiger partial charge in [-0.05, 0) is 170 Å². The fourth-order valence-corrected chi connectivity index (χ4v) is 28.4. The number of benzene rings is 18. The SMILES string of the molecule is CC(C)c1cc(N(c2ccc(C#N)cc2-c2ccc([Si](c3ccccc3)(c3ccccc3)c3ccccc3)cc2)c2cccc3c2oc2ccccc23)c2ccc3c(C(C)C)cc(N(c4ccc(C#N)cc4-c4ccc([Si](c5ccccc5)(c5ccccc5)c5ccccc5)cc4)c4cccc5c4oc4ccccc45)c4ccc1c2c34. The first-order valence-corrected chi connectivity index (χ1v) is 43.9. The summed E-state index contributed by atoms with van der Waals surface area (Å²) in [6.45, 7) is 9.24. The van der Waals surface area contributed by atoms with Crippen LogP contribution in [0, 0.1) is 22.7 Å². The van der Waals surface area contributed by atoms with Gasteiger partial charge < -0.3 is 18.6 Å². The average molecular weight is 1520 g/mol. The molecule has 0 amide bonds. The Bertz CT molecular complexity index is 6590. The standard InChI is InChI=1S/C108H78N4O2Si2/c1-71(2)93-67-101(111(99-45-27-43-89-85-41-23-25-47-103(85)113-107(89)99)97-63-49-73(69-109)65-95(97)75-51-55-83(56-52-75)115(77-29-11-5-12-30-77,78-31-13-6-14-32-78)79-33-15-7-16-34-79)91-62-60-88-94(72(3)4)68-102(92-61-59-87(93)105(91)106(88)92)112(100-46-28-44-90-86-42-24-26-48-104(86)114-108(90)100)98-64-50-74(70-110)66-96(98)76-53-57-84(58-54-76)116(80-35-17-8-18-36-80,81-37-19-9-20-38-81)82-39-21-10-22-40-82/h5-68,71-72H,1-4H3. The van der Waals surface area contributed by atoms with Crippen LogP contribution < -0.4 is 51.3 Å². The molecule has 0 aliphatic rings. The summed E-state index contributed by atoms with van der Waals surface area (Å²) >= 11 is 0. The molecule has 0 aliphatic carbocycles. The third kappa shape index (κ3) is 11.4. The predicted octanol–water partition coefficient (Wildman–Crippen LogP) is 23.4. The summed E-state index contributed by atoms with van der Waals surface area (Å²) in [5.74, 6) is 0.108. The largest absolute Gasteiger partial charge is 0.454 e. The lowest BCUT2D eigenvalue weighted by molar-refractivity contribution is 0.669. The monoisotopic (exact) mass is 1520 g/mol. The second-order valence-electron chi connectivity index (χ2n) is 31.1.